The Morgan fingerprint density at radius 1 is 1.56 bits per heavy atom. The fraction of sp³-hybridized carbons (Fsp3) is 0.818. The second-order valence-electron chi connectivity index (χ2n) is 4.30. The van der Waals surface area contributed by atoms with Crippen molar-refractivity contribution in [2.75, 3.05) is 6.61 Å². The van der Waals surface area contributed by atoms with Crippen molar-refractivity contribution in [3.8, 4) is 0 Å². The van der Waals surface area contributed by atoms with Gasteiger partial charge in [0.15, 0.2) is 5.82 Å². The molecule has 0 saturated carbocycles. The minimum Gasteiger partial charge on any atom is -0.368 e. The lowest BCUT2D eigenvalue weighted by Gasteiger charge is -2.08. The minimum absolute atomic E-state index is 0.0493. The van der Waals surface area contributed by atoms with Gasteiger partial charge in [-0.1, -0.05) is 25.4 Å². The summed E-state index contributed by atoms with van der Waals surface area (Å²) in [5, 5.41) is 3.76. The summed E-state index contributed by atoms with van der Waals surface area (Å²) in [6, 6.07) is 0. The van der Waals surface area contributed by atoms with Gasteiger partial charge in [0.2, 0.25) is 0 Å². The average Bonchev–Trinajstić information content (AvgIpc) is 2.86. The molecular formula is C11H17ClN2O2. The number of alkyl halides is 1. The number of hydrogen-bond donors (Lipinski definition) is 0. The zero-order valence-corrected chi connectivity index (χ0v) is 10.4. The molecule has 1 saturated heterocycles. The van der Waals surface area contributed by atoms with Gasteiger partial charge in [0.05, 0.1) is 5.38 Å². The Bertz CT molecular complexity index is 342. The van der Waals surface area contributed by atoms with E-state index in [2.05, 4.69) is 24.0 Å². The van der Waals surface area contributed by atoms with Crippen LogP contribution in [-0.2, 0) is 4.74 Å². The number of nitrogens with zero attached hydrogens (tertiary/aromatic N) is 2. The first-order valence-electron chi connectivity index (χ1n) is 5.81. The van der Waals surface area contributed by atoms with Gasteiger partial charge in [-0.25, -0.2) is 0 Å². The van der Waals surface area contributed by atoms with E-state index in [1.807, 2.05) is 0 Å². The highest BCUT2D eigenvalue weighted by Gasteiger charge is 2.31. The number of aromatic nitrogens is 2. The molecule has 3 unspecified atom stereocenters. The molecule has 16 heavy (non-hydrogen) atoms. The predicted molar refractivity (Wildman–Crippen MR) is 60.3 cm³/mol. The van der Waals surface area contributed by atoms with E-state index in [9.17, 15) is 0 Å². The first-order valence-corrected chi connectivity index (χ1v) is 6.25. The zero-order valence-electron chi connectivity index (χ0n) is 9.65. The van der Waals surface area contributed by atoms with Crippen LogP contribution in [0.15, 0.2) is 4.52 Å². The molecule has 0 radical (unpaired) electrons. The van der Waals surface area contributed by atoms with Gasteiger partial charge >= 0.3 is 0 Å². The fourth-order valence-electron chi connectivity index (χ4n) is 1.88. The lowest BCUT2D eigenvalue weighted by molar-refractivity contribution is 0.0661. The van der Waals surface area contributed by atoms with Crippen LogP contribution < -0.4 is 0 Å². The molecule has 0 aliphatic carbocycles. The maximum Gasteiger partial charge on any atom is 0.256 e. The zero-order chi connectivity index (χ0) is 11.5. The van der Waals surface area contributed by atoms with Crippen LogP contribution in [0.3, 0.4) is 0 Å². The minimum atomic E-state index is -0.154. The van der Waals surface area contributed by atoms with E-state index in [4.69, 9.17) is 20.9 Å². The van der Waals surface area contributed by atoms with Crippen LogP contribution in [0, 0.1) is 5.92 Å². The van der Waals surface area contributed by atoms with E-state index in [0.717, 1.165) is 25.9 Å². The molecule has 1 aliphatic heterocycles. The van der Waals surface area contributed by atoms with Crippen molar-refractivity contribution < 1.29 is 9.26 Å². The Kier molecular flexibility index (Phi) is 3.82. The molecule has 1 aliphatic rings. The van der Waals surface area contributed by atoms with Crippen LogP contribution in [0.1, 0.15) is 56.3 Å². The van der Waals surface area contributed by atoms with Crippen molar-refractivity contribution in [1.29, 1.82) is 0 Å². The third-order valence-corrected chi connectivity index (χ3v) is 3.32. The first kappa shape index (κ1) is 11.9. The first-order chi connectivity index (χ1) is 7.72. The summed E-state index contributed by atoms with van der Waals surface area (Å²) in [6.45, 7) is 4.98. The molecule has 0 spiro atoms. The Hall–Kier alpha value is -0.610. The predicted octanol–water partition coefficient (Wildman–Crippen LogP) is 3.25. The summed E-state index contributed by atoms with van der Waals surface area (Å²) < 4.78 is 10.8. The molecule has 0 aromatic carbocycles. The van der Waals surface area contributed by atoms with Crippen molar-refractivity contribution >= 4 is 11.6 Å². The summed E-state index contributed by atoms with van der Waals surface area (Å²) in [4.78, 5) is 4.33. The summed E-state index contributed by atoms with van der Waals surface area (Å²) in [5.74, 6) is 1.59. The Balaban J connectivity index is 2.06. The molecule has 3 atom stereocenters. The monoisotopic (exact) mass is 244 g/mol. The molecule has 2 heterocycles. The molecule has 4 nitrogen and oxygen atoms in total. The second kappa shape index (κ2) is 5.15. The number of rotatable bonds is 4. The van der Waals surface area contributed by atoms with Crippen molar-refractivity contribution in [3.05, 3.63) is 11.7 Å². The highest BCUT2D eigenvalue weighted by Crippen LogP contribution is 2.34. The van der Waals surface area contributed by atoms with Gasteiger partial charge in [-0.2, -0.15) is 4.98 Å². The third-order valence-electron chi connectivity index (χ3n) is 2.91. The highest BCUT2D eigenvalue weighted by atomic mass is 35.5. The molecule has 0 amide bonds. The molecule has 90 valence electrons. The summed E-state index contributed by atoms with van der Waals surface area (Å²) in [6.07, 6.45) is 2.86. The average molecular weight is 245 g/mol. The largest absolute Gasteiger partial charge is 0.368 e. The molecule has 0 bridgehead atoms. The van der Waals surface area contributed by atoms with Crippen molar-refractivity contribution in [3.63, 3.8) is 0 Å². The molecule has 5 heteroatoms. The van der Waals surface area contributed by atoms with Gasteiger partial charge < -0.3 is 9.26 Å². The maximum atomic E-state index is 6.14. The smallest absolute Gasteiger partial charge is 0.256 e. The van der Waals surface area contributed by atoms with Crippen LogP contribution in [0.5, 0.6) is 0 Å². The quantitative estimate of drug-likeness (QED) is 0.763. The molecule has 1 aromatic heterocycles. The number of hydrogen-bond acceptors (Lipinski definition) is 4. The van der Waals surface area contributed by atoms with E-state index in [-0.39, 0.29) is 11.5 Å². The molecule has 1 fully saturated rings. The van der Waals surface area contributed by atoms with E-state index in [1.165, 1.54) is 0 Å². The number of halogens is 1. The van der Waals surface area contributed by atoms with Crippen molar-refractivity contribution in [1.82, 2.24) is 10.1 Å². The van der Waals surface area contributed by atoms with Gasteiger partial charge in [-0.05, 0) is 18.8 Å². The maximum absolute atomic E-state index is 6.14. The topological polar surface area (TPSA) is 48.2 Å². The van der Waals surface area contributed by atoms with Gasteiger partial charge in [0, 0.05) is 6.61 Å². The second-order valence-corrected chi connectivity index (χ2v) is 4.83. The van der Waals surface area contributed by atoms with Gasteiger partial charge in [-0.3, -0.25) is 0 Å². The molecule has 1 aromatic rings. The normalized spacial score (nSPS) is 27.2. The SMILES string of the molecule is CCCC(Cl)c1noc(C2OCCC2C)n1. The molecular weight excluding hydrogens is 228 g/mol. The third kappa shape index (κ3) is 2.38. The number of ether oxygens (including phenoxy) is 1. The lowest BCUT2D eigenvalue weighted by atomic mass is 10.0. The van der Waals surface area contributed by atoms with Crippen LogP contribution in [0.25, 0.3) is 0 Å². The lowest BCUT2D eigenvalue weighted by Crippen LogP contribution is -2.04. The van der Waals surface area contributed by atoms with Crippen LogP contribution in [0.4, 0.5) is 0 Å². The standard InChI is InChI=1S/C11H17ClN2O2/c1-3-4-8(12)10-13-11(16-14-10)9-7(2)5-6-15-9/h7-9H,3-6H2,1-2H3. The Morgan fingerprint density at radius 2 is 2.38 bits per heavy atom. The van der Waals surface area contributed by atoms with Gasteiger partial charge in [0.1, 0.15) is 6.10 Å². The Labute approximate surface area is 100 Å². The summed E-state index contributed by atoms with van der Waals surface area (Å²) in [7, 11) is 0. The highest BCUT2D eigenvalue weighted by molar-refractivity contribution is 6.20. The van der Waals surface area contributed by atoms with E-state index in [1.54, 1.807) is 0 Å². The van der Waals surface area contributed by atoms with Crippen LogP contribution in [0.2, 0.25) is 0 Å². The molecule has 2 rings (SSSR count). The van der Waals surface area contributed by atoms with Crippen molar-refractivity contribution in [2.24, 2.45) is 5.92 Å². The van der Waals surface area contributed by atoms with E-state index in [0.29, 0.717) is 17.6 Å². The summed E-state index contributed by atoms with van der Waals surface area (Å²) in [5.41, 5.74) is 0. The Morgan fingerprint density at radius 3 is 3.00 bits per heavy atom. The fourth-order valence-corrected chi connectivity index (χ4v) is 2.19. The van der Waals surface area contributed by atoms with E-state index < -0.39 is 0 Å². The summed E-state index contributed by atoms with van der Waals surface area (Å²) >= 11 is 6.14. The van der Waals surface area contributed by atoms with Gasteiger partial charge in [-0.15, -0.1) is 11.6 Å². The van der Waals surface area contributed by atoms with Crippen molar-refractivity contribution in [2.45, 2.75) is 44.6 Å². The molecule has 0 N–H and O–H groups in total. The van der Waals surface area contributed by atoms with Gasteiger partial charge in [0.25, 0.3) is 5.89 Å². The van der Waals surface area contributed by atoms with Crippen LogP contribution in [-0.4, -0.2) is 16.7 Å². The van der Waals surface area contributed by atoms with E-state index >= 15 is 0 Å². The van der Waals surface area contributed by atoms with Crippen LogP contribution >= 0.6 is 11.6 Å².